The highest BCUT2D eigenvalue weighted by Gasteiger charge is 2.34. The lowest BCUT2D eigenvalue weighted by atomic mass is 9.96. The van der Waals surface area contributed by atoms with Gasteiger partial charge in [-0.2, -0.15) is 0 Å². The second-order valence-electron chi connectivity index (χ2n) is 7.53. The van der Waals surface area contributed by atoms with Gasteiger partial charge < -0.3 is 37.0 Å². The van der Waals surface area contributed by atoms with E-state index in [0.29, 0.717) is 12.8 Å². The van der Waals surface area contributed by atoms with Crippen LogP contribution in [0.2, 0.25) is 0 Å². The third-order valence-electron chi connectivity index (χ3n) is 5.12. The molecule has 0 aromatic carbocycles. The minimum absolute atomic E-state index is 0.407. The first-order chi connectivity index (χ1) is 14.4. The highest BCUT2D eigenvalue weighted by atomic mass is 16.4. The number of carbonyl (C=O) groups is 5. The van der Waals surface area contributed by atoms with Gasteiger partial charge in [0.05, 0.1) is 13.0 Å². The van der Waals surface area contributed by atoms with Crippen LogP contribution < -0.4 is 21.7 Å². The van der Waals surface area contributed by atoms with E-state index in [9.17, 15) is 29.1 Å². The molecule has 0 aliphatic carbocycles. The van der Waals surface area contributed by atoms with Gasteiger partial charge in [0.2, 0.25) is 17.7 Å². The predicted octanol–water partition coefficient (Wildman–Crippen LogP) is -1.59. The molecule has 12 nitrogen and oxygen atoms in total. The topological polar surface area (TPSA) is 208 Å². The Kier molecular flexibility index (Phi) is 12.4. The first-order valence-electron chi connectivity index (χ1n) is 10.1. The Labute approximate surface area is 180 Å². The van der Waals surface area contributed by atoms with E-state index in [4.69, 9.17) is 15.9 Å². The number of hydrogen-bond acceptors (Lipinski definition) is 7. The fraction of sp³-hybridized carbons (Fsp3) is 0.737. The Morgan fingerprint density at radius 1 is 0.806 bits per heavy atom. The number of carbonyl (C=O) groups excluding carboxylic acids is 3. The van der Waals surface area contributed by atoms with Gasteiger partial charge in [-0.3, -0.25) is 19.2 Å². The van der Waals surface area contributed by atoms with Crippen molar-refractivity contribution in [2.24, 2.45) is 17.6 Å². The van der Waals surface area contributed by atoms with E-state index in [1.165, 1.54) is 0 Å². The van der Waals surface area contributed by atoms with Crippen LogP contribution in [0.4, 0.5) is 0 Å². The number of carboxylic acids is 2. The molecule has 0 heterocycles. The molecular formula is C19H34N4O8. The molecule has 6 atom stereocenters. The zero-order chi connectivity index (χ0) is 24.3. The minimum atomic E-state index is -1.56. The largest absolute Gasteiger partial charge is 0.481 e. The third kappa shape index (κ3) is 9.30. The first-order valence-corrected chi connectivity index (χ1v) is 10.1. The van der Waals surface area contributed by atoms with Crippen LogP contribution in [0.25, 0.3) is 0 Å². The maximum atomic E-state index is 12.8. The molecule has 0 rings (SSSR count). The molecule has 178 valence electrons. The van der Waals surface area contributed by atoms with E-state index in [1.807, 2.05) is 0 Å². The molecule has 0 aromatic rings. The summed E-state index contributed by atoms with van der Waals surface area (Å²) in [6.07, 6.45) is 0.111. The zero-order valence-electron chi connectivity index (χ0n) is 18.3. The smallest absolute Gasteiger partial charge is 0.326 e. The highest BCUT2D eigenvalue weighted by Crippen LogP contribution is 2.11. The van der Waals surface area contributed by atoms with Crippen molar-refractivity contribution in [1.29, 1.82) is 0 Å². The van der Waals surface area contributed by atoms with Crippen LogP contribution in [0.15, 0.2) is 0 Å². The van der Waals surface area contributed by atoms with Crippen LogP contribution in [0.5, 0.6) is 0 Å². The summed E-state index contributed by atoms with van der Waals surface area (Å²) in [5, 5.41) is 34.4. The minimum Gasteiger partial charge on any atom is -0.481 e. The molecule has 3 amide bonds. The molecule has 8 N–H and O–H groups in total. The molecule has 0 aliphatic heterocycles. The van der Waals surface area contributed by atoms with Gasteiger partial charge in [0.15, 0.2) is 0 Å². The number of aliphatic carboxylic acids is 2. The van der Waals surface area contributed by atoms with Gasteiger partial charge in [-0.05, 0) is 11.8 Å². The molecule has 12 heteroatoms. The van der Waals surface area contributed by atoms with Crippen molar-refractivity contribution in [3.63, 3.8) is 0 Å². The SMILES string of the molecule is CCC(C)C(NC(=O)C(CC(=O)O)NC(=O)C(NC(=O)C(N)CO)C(C)CC)C(=O)O. The summed E-state index contributed by atoms with van der Waals surface area (Å²) in [6.45, 7) is 6.12. The summed E-state index contributed by atoms with van der Waals surface area (Å²) in [5.41, 5.74) is 5.46. The van der Waals surface area contributed by atoms with Crippen LogP contribution >= 0.6 is 0 Å². The quantitative estimate of drug-likeness (QED) is 0.164. The van der Waals surface area contributed by atoms with Crippen LogP contribution in [0.1, 0.15) is 47.0 Å². The van der Waals surface area contributed by atoms with Gasteiger partial charge in [-0.15, -0.1) is 0 Å². The highest BCUT2D eigenvalue weighted by molar-refractivity contribution is 5.95. The Hall–Kier alpha value is -2.73. The number of nitrogens with two attached hydrogens (primary N) is 1. The number of carboxylic acid groups (broad SMARTS) is 2. The maximum Gasteiger partial charge on any atom is 0.326 e. The zero-order valence-corrected chi connectivity index (χ0v) is 18.3. The maximum absolute atomic E-state index is 12.8. The average Bonchev–Trinajstić information content (AvgIpc) is 2.72. The van der Waals surface area contributed by atoms with E-state index in [-0.39, 0.29) is 0 Å². The second-order valence-corrected chi connectivity index (χ2v) is 7.53. The third-order valence-corrected chi connectivity index (χ3v) is 5.12. The fourth-order valence-electron chi connectivity index (χ4n) is 2.63. The predicted molar refractivity (Wildman–Crippen MR) is 110 cm³/mol. The lowest BCUT2D eigenvalue weighted by molar-refractivity contribution is -0.145. The van der Waals surface area contributed by atoms with Crippen molar-refractivity contribution in [1.82, 2.24) is 16.0 Å². The monoisotopic (exact) mass is 446 g/mol. The molecule has 0 saturated heterocycles. The van der Waals surface area contributed by atoms with E-state index >= 15 is 0 Å². The Balaban J connectivity index is 5.59. The van der Waals surface area contributed by atoms with E-state index in [2.05, 4.69) is 16.0 Å². The van der Waals surface area contributed by atoms with Crippen molar-refractivity contribution in [3.05, 3.63) is 0 Å². The number of aliphatic hydroxyl groups excluding tert-OH is 1. The Bertz CT molecular complexity index is 657. The Morgan fingerprint density at radius 2 is 1.29 bits per heavy atom. The average molecular weight is 447 g/mol. The lowest BCUT2D eigenvalue weighted by Crippen LogP contribution is -2.59. The number of nitrogens with one attached hydrogen (secondary N) is 3. The summed E-state index contributed by atoms with van der Waals surface area (Å²) >= 11 is 0. The van der Waals surface area contributed by atoms with E-state index in [1.54, 1.807) is 27.7 Å². The van der Waals surface area contributed by atoms with Gasteiger partial charge in [0.25, 0.3) is 0 Å². The van der Waals surface area contributed by atoms with Gasteiger partial charge in [0.1, 0.15) is 24.2 Å². The van der Waals surface area contributed by atoms with Gasteiger partial charge >= 0.3 is 11.9 Å². The molecule has 0 saturated carbocycles. The van der Waals surface area contributed by atoms with Gasteiger partial charge in [-0.1, -0.05) is 40.5 Å². The molecule has 6 unspecified atom stereocenters. The second kappa shape index (κ2) is 13.5. The van der Waals surface area contributed by atoms with Crippen LogP contribution in [0.3, 0.4) is 0 Å². The number of amides is 3. The first kappa shape index (κ1) is 28.3. The van der Waals surface area contributed by atoms with Crippen LogP contribution in [0, 0.1) is 11.8 Å². The van der Waals surface area contributed by atoms with Crippen LogP contribution in [-0.2, 0) is 24.0 Å². The van der Waals surface area contributed by atoms with Crippen molar-refractivity contribution >= 4 is 29.7 Å². The molecule has 0 aliphatic rings. The summed E-state index contributed by atoms with van der Waals surface area (Å²) in [4.78, 5) is 60.1. The molecule has 0 spiro atoms. The van der Waals surface area contributed by atoms with Crippen LogP contribution in [-0.4, -0.2) is 75.8 Å². The lowest BCUT2D eigenvalue weighted by Gasteiger charge is -2.28. The summed E-state index contributed by atoms with van der Waals surface area (Å²) in [7, 11) is 0. The van der Waals surface area contributed by atoms with Crippen molar-refractivity contribution < 1.29 is 39.3 Å². The summed E-state index contributed by atoms with van der Waals surface area (Å²) in [5.74, 6) is -6.10. The number of aliphatic hydroxyl groups is 1. The molecule has 0 radical (unpaired) electrons. The molecule has 0 fully saturated rings. The Morgan fingerprint density at radius 3 is 1.71 bits per heavy atom. The summed E-state index contributed by atoms with van der Waals surface area (Å²) < 4.78 is 0. The summed E-state index contributed by atoms with van der Waals surface area (Å²) in [6, 6.07) is -5.24. The van der Waals surface area contributed by atoms with Crippen molar-refractivity contribution in [2.75, 3.05) is 6.61 Å². The molecule has 0 aromatic heterocycles. The van der Waals surface area contributed by atoms with Crippen molar-refractivity contribution in [2.45, 2.75) is 71.1 Å². The normalized spacial score (nSPS) is 16.7. The number of rotatable bonds is 14. The van der Waals surface area contributed by atoms with E-state index < -0.39 is 78.7 Å². The number of hydrogen-bond donors (Lipinski definition) is 7. The molecular weight excluding hydrogens is 412 g/mol. The molecule has 31 heavy (non-hydrogen) atoms. The van der Waals surface area contributed by atoms with Gasteiger partial charge in [-0.25, -0.2) is 4.79 Å². The molecule has 0 bridgehead atoms. The standard InChI is InChI=1S/C19H34N4O8/c1-5-9(3)14(22-16(27)11(20)8-24)18(29)21-12(7-13(25)26)17(28)23-15(19(30)31)10(4)6-2/h9-12,14-15,24H,5-8,20H2,1-4H3,(H,21,29)(H,22,27)(H,23,28)(H,25,26)(H,30,31). The van der Waals surface area contributed by atoms with Crippen molar-refractivity contribution in [3.8, 4) is 0 Å². The fourth-order valence-corrected chi connectivity index (χ4v) is 2.63. The van der Waals surface area contributed by atoms with E-state index in [0.717, 1.165) is 0 Å². The van der Waals surface area contributed by atoms with Gasteiger partial charge in [0, 0.05) is 0 Å².